The van der Waals surface area contributed by atoms with Gasteiger partial charge >= 0.3 is 5.97 Å². The maximum Gasteiger partial charge on any atom is 0.330 e. The third kappa shape index (κ3) is 6.43. The fourth-order valence-corrected chi connectivity index (χ4v) is 1.30. The van der Waals surface area contributed by atoms with Crippen molar-refractivity contribution < 1.29 is 14.3 Å². The minimum atomic E-state index is -0.349. The quantitative estimate of drug-likeness (QED) is 0.320. The summed E-state index contributed by atoms with van der Waals surface area (Å²) in [5.74, 6) is -0.349. The fourth-order valence-electron chi connectivity index (χ4n) is 1.30. The van der Waals surface area contributed by atoms with Gasteiger partial charge in [-0.25, -0.2) is 4.79 Å². The fraction of sp³-hybridized carbons (Fsp3) is 0.200. The van der Waals surface area contributed by atoms with Crippen LogP contribution in [0.3, 0.4) is 0 Å². The van der Waals surface area contributed by atoms with E-state index in [9.17, 15) is 9.59 Å². The van der Waals surface area contributed by atoms with E-state index in [1.165, 1.54) is 12.2 Å². The summed E-state index contributed by atoms with van der Waals surface area (Å²) in [5, 5.41) is 0. The van der Waals surface area contributed by atoms with Gasteiger partial charge in [-0.2, -0.15) is 0 Å². The Morgan fingerprint density at radius 2 is 2.00 bits per heavy atom. The second-order valence-electron chi connectivity index (χ2n) is 3.62. The lowest BCUT2D eigenvalue weighted by Gasteiger charge is -1.99. The number of hydrogen-bond acceptors (Lipinski definition) is 3. The predicted molar refractivity (Wildman–Crippen MR) is 70.9 cm³/mol. The Morgan fingerprint density at radius 3 is 2.72 bits per heavy atom. The Bertz CT molecular complexity index is 419. The molecule has 94 valence electrons. The van der Waals surface area contributed by atoms with Gasteiger partial charge < -0.3 is 4.74 Å². The van der Waals surface area contributed by atoms with E-state index in [1.54, 1.807) is 12.2 Å². The van der Waals surface area contributed by atoms with E-state index < -0.39 is 0 Å². The van der Waals surface area contributed by atoms with Gasteiger partial charge in [0, 0.05) is 6.08 Å². The average molecular weight is 244 g/mol. The molecule has 0 aromatic heterocycles. The lowest BCUT2D eigenvalue weighted by Crippen LogP contribution is -2.01. The zero-order valence-electron chi connectivity index (χ0n) is 10.1. The standard InChI is InChI=1S/C15H16O3/c16-12-6-1-2-7-13-18-15(17)11-10-14-8-4-3-5-9-14/h1,3-6,8-12H,2,7,13H2/b6-1+,11-10+. The highest BCUT2D eigenvalue weighted by Gasteiger charge is 1.95. The summed E-state index contributed by atoms with van der Waals surface area (Å²) >= 11 is 0. The molecule has 0 atom stereocenters. The number of rotatable bonds is 7. The Labute approximate surface area is 107 Å². The number of carbonyl (C=O) groups is 2. The Balaban J connectivity index is 2.20. The van der Waals surface area contributed by atoms with Gasteiger partial charge in [-0.3, -0.25) is 4.79 Å². The first-order valence-corrected chi connectivity index (χ1v) is 5.83. The second kappa shape index (κ2) is 8.93. The molecule has 0 aliphatic rings. The summed E-state index contributed by atoms with van der Waals surface area (Å²) in [5.41, 5.74) is 0.961. The maximum atomic E-state index is 11.3. The number of ether oxygens (including phenoxy) is 1. The van der Waals surface area contributed by atoms with Crippen LogP contribution >= 0.6 is 0 Å². The Hall–Kier alpha value is -2.16. The maximum absolute atomic E-state index is 11.3. The van der Waals surface area contributed by atoms with Crippen molar-refractivity contribution in [2.24, 2.45) is 0 Å². The number of carbonyl (C=O) groups excluding carboxylic acids is 2. The number of allylic oxidation sites excluding steroid dienone is 2. The molecule has 0 heterocycles. The van der Waals surface area contributed by atoms with Crippen LogP contribution in [0.25, 0.3) is 6.08 Å². The normalized spacial score (nSPS) is 10.9. The minimum Gasteiger partial charge on any atom is -0.463 e. The summed E-state index contributed by atoms with van der Waals surface area (Å²) in [6, 6.07) is 9.55. The molecule has 3 heteroatoms. The van der Waals surface area contributed by atoms with E-state index in [4.69, 9.17) is 4.74 Å². The highest BCUT2D eigenvalue weighted by molar-refractivity contribution is 5.86. The Kier molecular flexibility index (Phi) is 6.90. The third-order valence-electron chi connectivity index (χ3n) is 2.19. The van der Waals surface area contributed by atoms with E-state index in [0.717, 1.165) is 24.7 Å². The van der Waals surface area contributed by atoms with E-state index in [2.05, 4.69) is 0 Å². The van der Waals surface area contributed by atoms with Crippen molar-refractivity contribution in [2.75, 3.05) is 6.61 Å². The molecule has 0 radical (unpaired) electrons. The first-order valence-electron chi connectivity index (χ1n) is 5.83. The van der Waals surface area contributed by atoms with Crippen molar-refractivity contribution in [3.05, 3.63) is 54.1 Å². The van der Waals surface area contributed by atoms with Crippen molar-refractivity contribution in [3.8, 4) is 0 Å². The lowest BCUT2D eigenvalue weighted by atomic mass is 10.2. The summed E-state index contributed by atoms with van der Waals surface area (Å²) in [6.45, 7) is 0.362. The molecule has 1 aromatic rings. The van der Waals surface area contributed by atoms with Gasteiger partial charge in [0.25, 0.3) is 0 Å². The van der Waals surface area contributed by atoms with Crippen LogP contribution in [0.15, 0.2) is 48.6 Å². The van der Waals surface area contributed by atoms with Crippen molar-refractivity contribution in [1.82, 2.24) is 0 Å². The number of benzene rings is 1. The SMILES string of the molecule is O=C/C=C/CCCOC(=O)/C=C/c1ccccc1. The first kappa shape index (κ1) is 13.9. The summed E-state index contributed by atoms with van der Waals surface area (Å²) in [7, 11) is 0. The van der Waals surface area contributed by atoms with Gasteiger partial charge in [0.2, 0.25) is 0 Å². The van der Waals surface area contributed by atoms with E-state index in [1.807, 2.05) is 30.3 Å². The minimum absolute atomic E-state index is 0.349. The van der Waals surface area contributed by atoms with Gasteiger partial charge in [-0.05, 0) is 30.6 Å². The molecule has 0 N–H and O–H groups in total. The Morgan fingerprint density at radius 1 is 1.22 bits per heavy atom. The van der Waals surface area contributed by atoms with Gasteiger partial charge in [0.15, 0.2) is 0 Å². The van der Waals surface area contributed by atoms with Gasteiger partial charge in [-0.15, -0.1) is 0 Å². The summed E-state index contributed by atoms with van der Waals surface area (Å²) < 4.78 is 5.00. The molecule has 0 saturated carbocycles. The molecule has 0 amide bonds. The van der Waals surface area contributed by atoms with Crippen LogP contribution in [0, 0.1) is 0 Å². The molecule has 0 bridgehead atoms. The zero-order valence-corrected chi connectivity index (χ0v) is 10.1. The molecule has 18 heavy (non-hydrogen) atoms. The number of esters is 1. The third-order valence-corrected chi connectivity index (χ3v) is 2.19. The molecule has 0 spiro atoms. The van der Waals surface area contributed by atoms with Crippen LogP contribution in [-0.4, -0.2) is 18.9 Å². The smallest absolute Gasteiger partial charge is 0.330 e. The molecule has 1 rings (SSSR count). The molecule has 0 aliphatic heterocycles. The van der Waals surface area contributed by atoms with E-state index in [-0.39, 0.29) is 5.97 Å². The van der Waals surface area contributed by atoms with Crippen molar-refractivity contribution in [1.29, 1.82) is 0 Å². The zero-order chi connectivity index (χ0) is 13.1. The number of aldehydes is 1. The molecule has 0 aliphatic carbocycles. The topological polar surface area (TPSA) is 43.4 Å². The monoisotopic (exact) mass is 244 g/mol. The van der Waals surface area contributed by atoms with E-state index in [0.29, 0.717) is 6.61 Å². The number of unbranched alkanes of at least 4 members (excludes halogenated alkanes) is 1. The van der Waals surface area contributed by atoms with Crippen LogP contribution in [0.2, 0.25) is 0 Å². The number of hydrogen-bond donors (Lipinski definition) is 0. The average Bonchev–Trinajstić information content (AvgIpc) is 2.41. The molecule has 3 nitrogen and oxygen atoms in total. The van der Waals surface area contributed by atoms with E-state index >= 15 is 0 Å². The van der Waals surface area contributed by atoms with Crippen LogP contribution < -0.4 is 0 Å². The second-order valence-corrected chi connectivity index (χ2v) is 3.62. The van der Waals surface area contributed by atoms with Gasteiger partial charge in [-0.1, -0.05) is 36.4 Å². The molecule has 0 fully saturated rings. The highest BCUT2D eigenvalue weighted by Crippen LogP contribution is 2.01. The molecular formula is C15H16O3. The van der Waals surface area contributed by atoms with Crippen molar-refractivity contribution in [2.45, 2.75) is 12.8 Å². The van der Waals surface area contributed by atoms with Crippen LogP contribution in [0.4, 0.5) is 0 Å². The van der Waals surface area contributed by atoms with Crippen molar-refractivity contribution in [3.63, 3.8) is 0 Å². The predicted octanol–water partition coefficient (Wildman–Crippen LogP) is 2.78. The van der Waals surface area contributed by atoms with Crippen LogP contribution in [0.5, 0.6) is 0 Å². The lowest BCUT2D eigenvalue weighted by molar-refractivity contribution is -0.137. The van der Waals surface area contributed by atoms with Gasteiger partial charge in [0.05, 0.1) is 6.61 Å². The van der Waals surface area contributed by atoms with Crippen molar-refractivity contribution >= 4 is 18.3 Å². The summed E-state index contributed by atoms with van der Waals surface area (Å²) in [4.78, 5) is 21.3. The molecule has 0 unspecified atom stereocenters. The first-order chi connectivity index (χ1) is 8.83. The largest absolute Gasteiger partial charge is 0.463 e. The van der Waals surface area contributed by atoms with Crippen LogP contribution in [-0.2, 0) is 14.3 Å². The highest BCUT2D eigenvalue weighted by atomic mass is 16.5. The molecular weight excluding hydrogens is 228 g/mol. The molecule has 1 aromatic carbocycles. The molecule has 0 saturated heterocycles. The van der Waals surface area contributed by atoms with Crippen LogP contribution in [0.1, 0.15) is 18.4 Å². The van der Waals surface area contributed by atoms with Gasteiger partial charge in [0.1, 0.15) is 6.29 Å². The summed E-state index contributed by atoms with van der Waals surface area (Å²) in [6.07, 6.45) is 8.50.